The first-order valence-electron chi connectivity index (χ1n) is 12.2. The molecule has 3 aliphatic carbocycles. The lowest BCUT2D eigenvalue weighted by molar-refractivity contribution is 0.0861. The largest absolute Gasteiger partial charge is 0.393 e. The van der Waals surface area contributed by atoms with Crippen molar-refractivity contribution in [1.82, 2.24) is 0 Å². The fourth-order valence-corrected chi connectivity index (χ4v) is 6.73. The molecule has 164 valence electrons. The van der Waals surface area contributed by atoms with Crippen LogP contribution in [0.5, 0.6) is 0 Å². The van der Waals surface area contributed by atoms with Crippen molar-refractivity contribution >= 4 is 0 Å². The molecule has 2 heteroatoms. The summed E-state index contributed by atoms with van der Waals surface area (Å²) in [5, 5.41) is 20.2. The van der Waals surface area contributed by atoms with Gasteiger partial charge in [-0.2, -0.15) is 0 Å². The maximum Gasteiger partial charge on any atom is 0.0811 e. The Morgan fingerprint density at radius 2 is 1.90 bits per heavy atom. The molecule has 3 saturated carbocycles. The van der Waals surface area contributed by atoms with Gasteiger partial charge in [0.25, 0.3) is 0 Å². The minimum atomic E-state index is -0.595. The summed E-state index contributed by atoms with van der Waals surface area (Å²) < 4.78 is 0. The molecular formula is C27H44O2. The van der Waals surface area contributed by atoms with E-state index in [1.165, 1.54) is 51.4 Å². The number of hydrogen-bond acceptors (Lipinski definition) is 2. The maximum atomic E-state index is 10.1. The molecule has 0 aromatic heterocycles. The van der Waals surface area contributed by atoms with Gasteiger partial charge in [0, 0.05) is 6.42 Å². The summed E-state index contributed by atoms with van der Waals surface area (Å²) in [6.07, 6.45) is 15.2. The van der Waals surface area contributed by atoms with Gasteiger partial charge in [-0.25, -0.2) is 0 Å². The number of aliphatic hydroxyl groups is 2. The quantitative estimate of drug-likeness (QED) is 0.528. The molecule has 2 N–H and O–H groups in total. The van der Waals surface area contributed by atoms with Gasteiger partial charge in [0.2, 0.25) is 0 Å². The second kappa shape index (κ2) is 9.52. The third kappa shape index (κ3) is 5.07. The molecule has 0 aliphatic heterocycles. The Hall–Kier alpha value is -0.860. The lowest BCUT2D eigenvalue weighted by Gasteiger charge is -2.44. The first-order valence-corrected chi connectivity index (χ1v) is 12.2. The van der Waals surface area contributed by atoms with Crippen LogP contribution < -0.4 is 0 Å². The molecule has 0 radical (unpaired) electrons. The lowest BCUT2D eigenvalue weighted by Crippen LogP contribution is -2.36. The molecule has 0 spiro atoms. The summed E-state index contributed by atoms with van der Waals surface area (Å²) in [6.45, 7) is 13.8. The molecule has 2 nitrogen and oxygen atoms in total. The first-order chi connectivity index (χ1) is 13.7. The fourth-order valence-electron chi connectivity index (χ4n) is 6.73. The van der Waals surface area contributed by atoms with E-state index in [-0.39, 0.29) is 0 Å². The highest BCUT2D eigenvalue weighted by atomic mass is 16.3. The van der Waals surface area contributed by atoms with E-state index in [0.717, 1.165) is 28.9 Å². The molecule has 0 unspecified atom stereocenters. The van der Waals surface area contributed by atoms with Crippen LogP contribution in [-0.2, 0) is 0 Å². The molecule has 0 aromatic carbocycles. The Morgan fingerprint density at radius 3 is 2.62 bits per heavy atom. The summed E-state index contributed by atoms with van der Waals surface area (Å²) in [6, 6.07) is 0. The van der Waals surface area contributed by atoms with Crippen LogP contribution in [0.3, 0.4) is 0 Å². The van der Waals surface area contributed by atoms with Crippen LogP contribution >= 0.6 is 0 Å². The Morgan fingerprint density at radius 1 is 1.14 bits per heavy atom. The summed E-state index contributed by atoms with van der Waals surface area (Å²) in [5.74, 6) is 3.20. The molecule has 0 saturated heterocycles. The van der Waals surface area contributed by atoms with Crippen LogP contribution in [0, 0.1) is 29.1 Å². The van der Waals surface area contributed by atoms with Crippen LogP contribution in [0.1, 0.15) is 91.9 Å². The van der Waals surface area contributed by atoms with Gasteiger partial charge in [-0.3, -0.25) is 0 Å². The van der Waals surface area contributed by atoms with E-state index in [0.29, 0.717) is 24.2 Å². The number of aliphatic hydroxyl groups excluding tert-OH is 2. The zero-order valence-electron chi connectivity index (χ0n) is 19.3. The van der Waals surface area contributed by atoms with Crippen LogP contribution in [0.4, 0.5) is 0 Å². The van der Waals surface area contributed by atoms with E-state index in [2.05, 4.69) is 46.4 Å². The predicted molar refractivity (Wildman–Crippen MR) is 123 cm³/mol. The van der Waals surface area contributed by atoms with Crippen molar-refractivity contribution < 1.29 is 10.2 Å². The highest BCUT2D eigenvalue weighted by molar-refractivity contribution is 5.38. The van der Waals surface area contributed by atoms with E-state index in [4.69, 9.17) is 0 Å². The molecular weight excluding hydrogens is 356 g/mol. The Bertz CT molecular complexity index is 643. The Balaban J connectivity index is 1.71. The average molecular weight is 401 g/mol. The monoisotopic (exact) mass is 400 g/mol. The van der Waals surface area contributed by atoms with E-state index >= 15 is 0 Å². The van der Waals surface area contributed by atoms with Crippen molar-refractivity contribution in [3.8, 4) is 0 Å². The van der Waals surface area contributed by atoms with E-state index in [9.17, 15) is 10.2 Å². The highest BCUT2D eigenvalue weighted by Crippen LogP contribution is 2.59. The zero-order valence-corrected chi connectivity index (χ0v) is 19.3. The molecule has 3 rings (SSSR count). The van der Waals surface area contributed by atoms with Gasteiger partial charge in [-0.05, 0) is 78.8 Å². The van der Waals surface area contributed by atoms with Gasteiger partial charge in [0.1, 0.15) is 0 Å². The predicted octanol–water partition coefficient (Wildman–Crippen LogP) is 6.59. The number of allylic oxidation sites excluding steroid dienone is 3. The maximum absolute atomic E-state index is 10.1. The standard InChI is InChI=1S/C27H44O2/c1-18(2)8-6-9-19(3)24-13-14-25-21(10-7-15-27(24,25)5)11-12-22-16-23(28)17-26(29)20(22)4/h11-12,18-19,23-26,28-29H,4,6-10,13-17H2,1-3,5H3/b21-11+,22-12-/t19-,23-,24+,25-,26+,27-/m1/s1. The summed E-state index contributed by atoms with van der Waals surface area (Å²) in [7, 11) is 0. The molecule has 6 atom stereocenters. The van der Waals surface area contributed by atoms with Crippen LogP contribution in [0.15, 0.2) is 35.5 Å². The average Bonchev–Trinajstić information content (AvgIpc) is 3.00. The zero-order chi connectivity index (χ0) is 21.2. The molecule has 0 aromatic rings. The fraction of sp³-hybridized carbons (Fsp3) is 0.778. The number of hydrogen-bond donors (Lipinski definition) is 2. The van der Waals surface area contributed by atoms with Crippen molar-refractivity contribution in [2.75, 3.05) is 0 Å². The topological polar surface area (TPSA) is 40.5 Å². The van der Waals surface area contributed by atoms with Crippen LogP contribution in [0.2, 0.25) is 0 Å². The number of fused-ring (bicyclic) bond motifs is 1. The van der Waals surface area contributed by atoms with E-state index in [1.54, 1.807) is 5.57 Å². The van der Waals surface area contributed by atoms with E-state index in [1.807, 2.05) is 0 Å². The minimum Gasteiger partial charge on any atom is -0.393 e. The van der Waals surface area contributed by atoms with E-state index < -0.39 is 12.2 Å². The first kappa shape index (κ1) is 22.8. The molecule has 0 heterocycles. The second-order valence-corrected chi connectivity index (χ2v) is 11.0. The van der Waals surface area contributed by atoms with Crippen molar-refractivity contribution in [2.24, 2.45) is 29.1 Å². The van der Waals surface area contributed by atoms with Crippen molar-refractivity contribution in [2.45, 2.75) is 104 Å². The van der Waals surface area contributed by atoms with Crippen molar-refractivity contribution in [3.63, 3.8) is 0 Å². The summed E-state index contributed by atoms with van der Waals surface area (Å²) in [4.78, 5) is 0. The Kier molecular flexibility index (Phi) is 7.49. The van der Waals surface area contributed by atoms with Gasteiger partial charge in [0.05, 0.1) is 12.2 Å². The lowest BCUT2D eigenvalue weighted by atomic mass is 9.60. The smallest absolute Gasteiger partial charge is 0.0811 e. The highest BCUT2D eigenvalue weighted by Gasteiger charge is 2.50. The molecule has 3 fully saturated rings. The minimum absolute atomic E-state index is 0.420. The third-order valence-electron chi connectivity index (χ3n) is 8.43. The molecule has 29 heavy (non-hydrogen) atoms. The summed E-state index contributed by atoms with van der Waals surface area (Å²) in [5.41, 5.74) is 3.88. The third-order valence-corrected chi connectivity index (χ3v) is 8.43. The molecule has 0 bridgehead atoms. The van der Waals surface area contributed by atoms with Crippen molar-refractivity contribution in [3.05, 3.63) is 35.5 Å². The van der Waals surface area contributed by atoms with Crippen molar-refractivity contribution in [1.29, 1.82) is 0 Å². The van der Waals surface area contributed by atoms with Crippen LogP contribution in [-0.4, -0.2) is 22.4 Å². The molecule has 0 amide bonds. The van der Waals surface area contributed by atoms with Gasteiger partial charge in [-0.1, -0.05) is 71.3 Å². The van der Waals surface area contributed by atoms with Crippen LogP contribution in [0.25, 0.3) is 0 Å². The van der Waals surface area contributed by atoms with Gasteiger partial charge in [0.15, 0.2) is 0 Å². The van der Waals surface area contributed by atoms with Gasteiger partial charge < -0.3 is 10.2 Å². The summed E-state index contributed by atoms with van der Waals surface area (Å²) >= 11 is 0. The number of rotatable bonds is 6. The SMILES string of the molecule is C=C1/C(=C\C=C2/CCC[C@@]3(C)[C@@H]2CC[C@H]3[C@H](C)CCCC(C)C)C[C@@H](O)C[C@@H]1O. The Labute approximate surface area is 179 Å². The normalized spacial score (nSPS) is 39.3. The van der Waals surface area contributed by atoms with Gasteiger partial charge in [-0.15, -0.1) is 0 Å². The second-order valence-electron chi connectivity index (χ2n) is 11.0. The molecule has 3 aliphatic rings. The van der Waals surface area contributed by atoms with Gasteiger partial charge >= 0.3 is 0 Å².